The van der Waals surface area contributed by atoms with Crippen molar-refractivity contribution >= 4 is 23.9 Å². The van der Waals surface area contributed by atoms with Crippen molar-refractivity contribution in [1.29, 1.82) is 0 Å². The highest BCUT2D eigenvalue weighted by Crippen LogP contribution is 2.68. The molecule has 0 saturated heterocycles. The molecule has 0 spiro atoms. The lowest BCUT2D eigenvalue weighted by Crippen LogP contribution is -2.39. The van der Waals surface area contributed by atoms with Crippen molar-refractivity contribution in [1.82, 2.24) is 0 Å². The molecule has 0 aromatic carbocycles. The number of hydrogen-bond acceptors (Lipinski definition) is 11. The molecule has 0 aliphatic heterocycles. The highest BCUT2D eigenvalue weighted by atomic mass is 16.7. The molecule has 6 aliphatic rings. The number of ether oxygens (including phenoxy) is 7. The van der Waals surface area contributed by atoms with Gasteiger partial charge in [0.15, 0.2) is 12.6 Å². The van der Waals surface area contributed by atoms with E-state index in [1.807, 2.05) is 6.92 Å². The molecular weight excluding hydrogens is 889 g/mol. The number of aliphatic carboxylic acids is 1. The van der Waals surface area contributed by atoms with E-state index in [1.165, 1.54) is 32.1 Å². The molecule has 406 valence electrons. The lowest BCUT2D eigenvalue weighted by atomic mass is 9.70. The minimum Gasteiger partial charge on any atom is -0.481 e. The van der Waals surface area contributed by atoms with Crippen molar-refractivity contribution in [3.63, 3.8) is 0 Å². The lowest BCUT2D eigenvalue weighted by molar-refractivity contribution is -0.167. The molecule has 0 aromatic heterocycles. The second kappa shape index (κ2) is 23.9. The van der Waals surface area contributed by atoms with Gasteiger partial charge in [-0.3, -0.25) is 19.2 Å². The van der Waals surface area contributed by atoms with Gasteiger partial charge in [0.2, 0.25) is 0 Å². The number of methoxy groups -OCH3 is 4. The minimum atomic E-state index is -0.848. The molecule has 1 N–H and O–H groups in total. The van der Waals surface area contributed by atoms with Crippen LogP contribution in [0.3, 0.4) is 0 Å². The Balaban J connectivity index is 0.000000229. The van der Waals surface area contributed by atoms with E-state index in [4.69, 9.17) is 38.3 Å². The van der Waals surface area contributed by atoms with Crippen LogP contribution in [0.25, 0.3) is 0 Å². The fourth-order valence-corrected chi connectivity index (χ4v) is 14.7. The number of esters is 3. The highest BCUT2D eigenvalue weighted by Gasteiger charge is 2.65. The van der Waals surface area contributed by atoms with Gasteiger partial charge < -0.3 is 38.3 Å². The summed E-state index contributed by atoms with van der Waals surface area (Å²) in [4.78, 5) is 49.1. The number of carbonyl (C=O) groups is 4. The summed E-state index contributed by atoms with van der Waals surface area (Å²) in [5.41, 5.74) is 1.06. The summed E-state index contributed by atoms with van der Waals surface area (Å²) < 4.78 is 39.3. The molecule has 70 heavy (non-hydrogen) atoms. The Kier molecular flexibility index (Phi) is 20.6. The van der Waals surface area contributed by atoms with Gasteiger partial charge in [0.25, 0.3) is 0 Å². The first-order valence-corrected chi connectivity index (χ1v) is 27.5. The summed E-state index contributed by atoms with van der Waals surface area (Å²) in [6.45, 7) is 32.7. The average molecular weight is 991 g/mol. The molecular formula is C58H102O12. The first kappa shape index (κ1) is 60.3. The molecule has 6 fully saturated rings. The predicted octanol–water partition coefficient (Wildman–Crippen LogP) is 12.7. The van der Waals surface area contributed by atoms with Crippen LogP contribution in [-0.4, -0.2) is 88.3 Å². The molecule has 0 heterocycles. The first-order valence-electron chi connectivity index (χ1n) is 27.5. The third-order valence-corrected chi connectivity index (χ3v) is 21.6. The van der Waals surface area contributed by atoms with Gasteiger partial charge in [-0.2, -0.15) is 0 Å². The van der Waals surface area contributed by atoms with Crippen LogP contribution < -0.4 is 0 Å². The SMILES string of the molecule is CCC(CC(C)C(=O)O)C(=O)OC1CC2CCC1(C)C2(C)C.CCC(CC(C)C(OC)OC)C(=O)OC1CC2CCC1(C)C2(C)C.CCC(CC(C)C(OC)OC)C(=O)OC1CC2CCC1(C)C2(C)C. The number of fused-ring (bicyclic) bond motifs is 6. The summed E-state index contributed by atoms with van der Waals surface area (Å²) in [5.74, 6) is 0.205. The van der Waals surface area contributed by atoms with Crippen LogP contribution in [0.5, 0.6) is 0 Å². The molecule has 0 amide bonds. The monoisotopic (exact) mass is 991 g/mol. The van der Waals surface area contributed by atoms with Crippen LogP contribution in [0.15, 0.2) is 0 Å². The maximum atomic E-state index is 12.8. The van der Waals surface area contributed by atoms with Crippen LogP contribution in [0.4, 0.5) is 0 Å². The first-order chi connectivity index (χ1) is 32.5. The molecule has 0 radical (unpaired) electrons. The zero-order chi connectivity index (χ0) is 52.9. The van der Waals surface area contributed by atoms with Gasteiger partial charge in [-0.25, -0.2) is 0 Å². The van der Waals surface area contributed by atoms with Crippen molar-refractivity contribution in [2.24, 2.45) is 85.8 Å². The van der Waals surface area contributed by atoms with Crippen LogP contribution in [-0.2, 0) is 52.3 Å². The zero-order valence-corrected chi connectivity index (χ0v) is 47.6. The Morgan fingerprint density at radius 1 is 0.471 bits per heavy atom. The summed E-state index contributed by atoms with van der Waals surface area (Å²) in [5, 5.41) is 9.04. The average Bonchev–Trinajstić information content (AvgIpc) is 3.95. The third-order valence-electron chi connectivity index (χ3n) is 21.6. The fourth-order valence-electron chi connectivity index (χ4n) is 14.7. The molecule has 12 heteroatoms. The Bertz CT molecular complexity index is 1650. The van der Waals surface area contributed by atoms with Crippen molar-refractivity contribution < 1.29 is 57.4 Å². The maximum Gasteiger partial charge on any atom is 0.309 e. The van der Waals surface area contributed by atoms with E-state index in [2.05, 4.69) is 90.0 Å². The van der Waals surface area contributed by atoms with Gasteiger partial charge in [-0.05, 0) is 130 Å². The zero-order valence-electron chi connectivity index (χ0n) is 47.6. The highest BCUT2D eigenvalue weighted by molar-refractivity contribution is 5.75. The standard InChI is InChI=1S/2C20H36O4.C18H30O4/c2*1-8-14(11-13(2)18(22-6)23-7)17(21)24-16-12-15-9-10-20(16,5)19(15,3)4;1-6-12(9-11(2)15(19)20)16(21)22-14-10-13-7-8-18(14,5)17(13,3)4/h2*13-16,18H,8-12H2,1-7H3;11-14H,6-10H2,1-5H3,(H,19,20). The van der Waals surface area contributed by atoms with E-state index in [1.54, 1.807) is 35.4 Å². The van der Waals surface area contributed by atoms with Gasteiger partial charge in [-0.15, -0.1) is 0 Å². The maximum absolute atomic E-state index is 12.8. The van der Waals surface area contributed by atoms with Gasteiger partial charge >= 0.3 is 23.9 Å². The molecule has 6 aliphatic carbocycles. The van der Waals surface area contributed by atoms with E-state index in [-0.39, 0.29) is 111 Å². The summed E-state index contributed by atoms with van der Waals surface area (Å²) in [6, 6.07) is 0. The molecule has 6 saturated carbocycles. The van der Waals surface area contributed by atoms with Gasteiger partial charge in [-0.1, -0.05) is 104 Å². The predicted molar refractivity (Wildman–Crippen MR) is 273 cm³/mol. The Labute approximate surface area is 425 Å². The Morgan fingerprint density at radius 2 is 0.729 bits per heavy atom. The van der Waals surface area contributed by atoms with E-state index in [0.29, 0.717) is 30.6 Å². The Hall–Kier alpha value is -2.28. The number of carboxylic acids is 1. The van der Waals surface area contributed by atoms with Crippen molar-refractivity contribution in [3.8, 4) is 0 Å². The number of carbonyl (C=O) groups excluding carboxylic acids is 3. The van der Waals surface area contributed by atoms with Gasteiger partial charge in [0, 0.05) is 56.5 Å². The molecule has 15 atom stereocenters. The Morgan fingerprint density at radius 3 is 0.914 bits per heavy atom. The lowest BCUT2D eigenvalue weighted by Gasteiger charge is -2.39. The fraction of sp³-hybridized carbons (Fsp3) is 0.931. The van der Waals surface area contributed by atoms with Crippen molar-refractivity contribution in [2.45, 2.75) is 231 Å². The largest absolute Gasteiger partial charge is 0.481 e. The van der Waals surface area contributed by atoms with E-state index >= 15 is 0 Å². The minimum absolute atomic E-state index is 0.0112. The topological polar surface area (TPSA) is 153 Å². The van der Waals surface area contributed by atoms with Crippen molar-refractivity contribution in [3.05, 3.63) is 0 Å². The molecule has 12 nitrogen and oxygen atoms in total. The summed E-state index contributed by atoms with van der Waals surface area (Å²) >= 11 is 0. The molecule has 0 aromatic rings. The third kappa shape index (κ3) is 11.8. The molecule has 15 unspecified atom stereocenters. The van der Waals surface area contributed by atoms with Crippen LogP contribution in [0.2, 0.25) is 0 Å². The van der Waals surface area contributed by atoms with Crippen molar-refractivity contribution in [2.75, 3.05) is 28.4 Å². The van der Waals surface area contributed by atoms with Crippen LogP contribution in [0.1, 0.15) is 200 Å². The number of carboxylic acid groups (broad SMARTS) is 1. The second-order valence-corrected chi connectivity index (χ2v) is 25.5. The summed E-state index contributed by atoms with van der Waals surface area (Å²) in [6.07, 6.45) is 13.9. The normalized spacial score (nSPS) is 34.1. The van der Waals surface area contributed by atoms with Crippen LogP contribution in [0, 0.1) is 85.8 Å². The number of rotatable bonds is 22. The van der Waals surface area contributed by atoms with Gasteiger partial charge in [0.1, 0.15) is 18.3 Å². The van der Waals surface area contributed by atoms with Crippen LogP contribution >= 0.6 is 0 Å². The van der Waals surface area contributed by atoms with E-state index in [0.717, 1.165) is 51.4 Å². The summed E-state index contributed by atoms with van der Waals surface area (Å²) in [7, 11) is 6.56. The number of hydrogen-bond donors (Lipinski definition) is 1. The smallest absolute Gasteiger partial charge is 0.309 e. The van der Waals surface area contributed by atoms with E-state index < -0.39 is 11.9 Å². The molecule has 6 bridgehead atoms. The quantitative estimate of drug-likeness (QED) is 0.0624. The second-order valence-electron chi connectivity index (χ2n) is 25.5. The van der Waals surface area contributed by atoms with Gasteiger partial charge in [0.05, 0.1) is 23.7 Å². The molecule has 6 rings (SSSR count). The van der Waals surface area contributed by atoms with E-state index in [9.17, 15) is 19.2 Å².